The van der Waals surface area contributed by atoms with Crippen molar-refractivity contribution in [2.45, 2.75) is 31.8 Å². The fourth-order valence-electron chi connectivity index (χ4n) is 7.66. The van der Waals surface area contributed by atoms with Crippen molar-refractivity contribution >= 4 is 43.6 Å². The van der Waals surface area contributed by atoms with Crippen LogP contribution in [-0.4, -0.2) is 9.13 Å². The Bertz CT molecular complexity index is 1850. The van der Waals surface area contributed by atoms with Gasteiger partial charge >= 0.3 is 0 Å². The summed E-state index contributed by atoms with van der Waals surface area (Å²) in [4.78, 5) is 0. The van der Waals surface area contributed by atoms with Crippen LogP contribution >= 0.6 is 0 Å². The van der Waals surface area contributed by atoms with E-state index in [0.717, 1.165) is 6.42 Å². The van der Waals surface area contributed by atoms with E-state index in [1.165, 1.54) is 49.2 Å². The van der Waals surface area contributed by atoms with Crippen LogP contribution in [-0.2, 0) is 5.66 Å². The number of rotatable bonds is 3. The summed E-state index contributed by atoms with van der Waals surface area (Å²) in [5, 5.41) is 5.20. The van der Waals surface area contributed by atoms with Gasteiger partial charge in [-0.3, -0.25) is 0 Å². The Labute approximate surface area is 234 Å². The Morgan fingerprint density at radius 3 is 1.27 bits per heavy atom. The number of benzene rings is 5. The van der Waals surface area contributed by atoms with E-state index in [2.05, 4.69) is 163 Å². The monoisotopic (exact) mass is 516 g/mol. The Morgan fingerprint density at radius 1 is 0.500 bits per heavy atom. The smallest absolute Gasteiger partial charge is 0.141 e. The van der Waals surface area contributed by atoms with E-state index in [1.807, 2.05) is 0 Å². The van der Waals surface area contributed by atoms with Crippen molar-refractivity contribution in [3.8, 4) is 0 Å². The Morgan fingerprint density at radius 2 is 0.875 bits per heavy atom. The van der Waals surface area contributed by atoms with Gasteiger partial charge in [-0.1, -0.05) is 123 Å². The lowest BCUT2D eigenvalue weighted by atomic mass is 9.65. The third-order valence-corrected chi connectivity index (χ3v) is 9.21. The molecular formula is C38H32N2. The first-order valence-electron chi connectivity index (χ1n) is 14.3. The Hall–Kier alpha value is -4.56. The second-order valence-electron chi connectivity index (χ2n) is 12.0. The average molecular weight is 517 g/mol. The molecular weight excluding hydrogens is 484 g/mol. The summed E-state index contributed by atoms with van der Waals surface area (Å²) < 4.78 is 5.27. The summed E-state index contributed by atoms with van der Waals surface area (Å²) in [7, 11) is 0. The van der Waals surface area contributed by atoms with Gasteiger partial charge in [-0.2, -0.15) is 0 Å². The predicted octanol–water partition coefficient (Wildman–Crippen LogP) is 9.87. The van der Waals surface area contributed by atoms with Crippen molar-refractivity contribution in [3.05, 3.63) is 145 Å². The Balaban J connectivity index is 1.55. The third kappa shape index (κ3) is 3.17. The molecule has 1 atom stereocenters. The number of hydrogen-bond donors (Lipinski definition) is 0. The van der Waals surface area contributed by atoms with E-state index >= 15 is 0 Å². The van der Waals surface area contributed by atoms with Crippen LogP contribution in [0.5, 0.6) is 0 Å². The summed E-state index contributed by atoms with van der Waals surface area (Å²) in [6.07, 6.45) is 5.96. The molecule has 0 radical (unpaired) electrons. The maximum atomic E-state index is 2.63. The molecule has 194 valence electrons. The normalized spacial score (nSPS) is 18.2. The molecule has 7 aromatic rings. The van der Waals surface area contributed by atoms with Gasteiger partial charge in [-0.25, -0.2) is 0 Å². The van der Waals surface area contributed by atoms with E-state index in [9.17, 15) is 0 Å². The number of allylic oxidation sites excluding steroid dienone is 2. The first-order valence-corrected chi connectivity index (χ1v) is 14.3. The number of fused-ring (bicyclic) bond motifs is 6. The molecule has 2 nitrogen and oxygen atoms in total. The van der Waals surface area contributed by atoms with E-state index in [0.29, 0.717) is 5.92 Å². The molecule has 0 amide bonds. The van der Waals surface area contributed by atoms with Crippen LogP contribution in [0.2, 0.25) is 0 Å². The van der Waals surface area contributed by atoms with Crippen molar-refractivity contribution < 1.29 is 0 Å². The largest absolute Gasteiger partial charge is 0.313 e. The minimum Gasteiger partial charge on any atom is -0.313 e. The molecule has 0 saturated carbocycles. The van der Waals surface area contributed by atoms with E-state index in [4.69, 9.17) is 0 Å². The lowest BCUT2D eigenvalue weighted by Gasteiger charge is -2.48. The van der Waals surface area contributed by atoms with Crippen molar-refractivity contribution in [1.29, 1.82) is 0 Å². The Kier molecular flexibility index (Phi) is 4.94. The predicted molar refractivity (Wildman–Crippen MR) is 169 cm³/mol. The van der Waals surface area contributed by atoms with Gasteiger partial charge in [0.1, 0.15) is 5.66 Å². The molecule has 40 heavy (non-hydrogen) atoms. The molecule has 0 N–H and O–H groups in total. The van der Waals surface area contributed by atoms with Crippen LogP contribution in [0.4, 0.5) is 0 Å². The van der Waals surface area contributed by atoms with Gasteiger partial charge in [0, 0.05) is 27.5 Å². The zero-order valence-corrected chi connectivity index (χ0v) is 23.0. The first kappa shape index (κ1) is 23.3. The molecule has 1 aliphatic carbocycles. The standard InChI is InChI=1S/C38H32N2/c1-37(2)26-38(25-24-32(37)27-14-4-3-5-15-27,39-33-20-10-6-16-28(33)29-17-7-11-21-34(29)39)40-35-22-12-8-18-30(35)31-19-9-13-23-36(31)40/h3-25,32H,26H2,1-2H3. The van der Waals surface area contributed by atoms with Crippen LogP contribution in [0.15, 0.2) is 140 Å². The molecule has 0 spiro atoms. The highest BCUT2D eigenvalue weighted by Crippen LogP contribution is 2.53. The van der Waals surface area contributed by atoms with E-state index in [1.54, 1.807) is 0 Å². The third-order valence-electron chi connectivity index (χ3n) is 9.21. The molecule has 0 saturated heterocycles. The fourth-order valence-corrected chi connectivity index (χ4v) is 7.66. The number of nitrogens with zero attached hydrogens (tertiary/aromatic N) is 2. The minimum atomic E-state index is -0.458. The fraction of sp³-hybridized carbons (Fsp3) is 0.158. The van der Waals surface area contributed by atoms with Crippen molar-refractivity contribution in [2.24, 2.45) is 5.41 Å². The lowest BCUT2D eigenvalue weighted by molar-refractivity contribution is 0.159. The van der Waals surface area contributed by atoms with Crippen LogP contribution < -0.4 is 0 Å². The SMILES string of the molecule is CC1(C)CC(n2c3ccccc3c3ccccc32)(n2c3ccccc3c3ccccc32)C=CC1c1ccccc1. The van der Waals surface area contributed by atoms with Gasteiger partial charge in [0.25, 0.3) is 0 Å². The average Bonchev–Trinajstić information content (AvgIpc) is 3.51. The zero-order chi connectivity index (χ0) is 26.9. The second-order valence-corrected chi connectivity index (χ2v) is 12.0. The minimum absolute atomic E-state index is 0.0188. The van der Waals surface area contributed by atoms with Crippen LogP contribution in [0.1, 0.15) is 31.7 Å². The topological polar surface area (TPSA) is 9.86 Å². The highest BCUT2D eigenvalue weighted by Gasteiger charge is 2.47. The maximum Gasteiger partial charge on any atom is 0.141 e. The van der Waals surface area contributed by atoms with Gasteiger partial charge in [0.2, 0.25) is 0 Å². The summed E-state index contributed by atoms with van der Waals surface area (Å²) >= 11 is 0. The lowest BCUT2D eigenvalue weighted by Crippen LogP contribution is -2.46. The molecule has 2 heteroatoms. The van der Waals surface area contributed by atoms with Crippen molar-refractivity contribution in [2.75, 3.05) is 0 Å². The molecule has 0 aliphatic heterocycles. The maximum absolute atomic E-state index is 2.63. The molecule has 2 aromatic heterocycles. The second kappa shape index (κ2) is 8.47. The van der Waals surface area contributed by atoms with Gasteiger partial charge in [-0.05, 0) is 47.7 Å². The van der Waals surface area contributed by atoms with Crippen LogP contribution in [0.3, 0.4) is 0 Å². The molecule has 8 rings (SSSR count). The number of hydrogen-bond acceptors (Lipinski definition) is 0. The quantitative estimate of drug-likeness (QED) is 0.207. The first-order chi connectivity index (χ1) is 19.6. The van der Waals surface area contributed by atoms with E-state index < -0.39 is 5.66 Å². The molecule has 2 heterocycles. The van der Waals surface area contributed by atoms with Gasteiger partial charge < -0.3 is 9.13 Å². The molecule has 0 fully saturated rings. The van der Waals surface area contributed by atoms with Crippen LogP contribution in [0, 0.1) is 5.41 Å². The highest BCUT2D eigenvalue weighted by molar-refractivity contribution is 6.10. The van der Waals surface area contributed by atoms with Crippen molar-refractivity contribution in [3.63, 3.8) is 0 Å². The summed E-state index contributed by atoms with van der Waals surface area (Å²) in [5.74, 6) is 0.322. The summed E-state index contributed by atoms with van der Waals surface area (Å²) in [6, 6.07) is 46.7. The molecule has 0 bridgehead atoms. The zero-order valence-electron chi connectivity index (χ0n) is 23.0. The van der Waals surface area contributed by atoms with Crippen molar-refractivity contribution in [1.82, 2.24) is 9.13 Å². The molecule has 1 aliphatic rings. The number of para-hydroxylation sites is 4. The summed E-state index contributed by atoms with van der Waals surface area (Å²) in [6.45, 7) is 4.90. The molecule has 5 aromatic carbocycles. The van der Waals surface area contributed by atoms with Crippen LogP contribution in [0.25, 0.3) is 43.6 Å². The summed E-state index contributed by atoms with van der Waals surface area (Å²) in [5.41, 5.74) is 5.97. The molecule has 1 unspecified atom stereocenters. The van der Waals surface area contributed by atoms with Gasteiger partial charge in [0.15, 0.2) is 0 Å². The van der Waals surface area contributed by atoms with Gasteiger partial charge in [-0.15, -0.1) is 0 Å². The highest BCUT2D eigenvalue weighted by atomic mass is 15.3. The number of aromatic nitrogens is 2. The van der Waals surface area contributed by atoms with E-state index in [-0.39, 0.29) is 5.41 Å². The van der Waals surface area contributed by atoms with Gasteiger partial charge in [0.05, 0.1) is 22.1 Å².